The molecule has 9 heavy (non-hydrogen) atoms. The topological polar surface area (TPSA) is 18.5 Å². The molecule has 0 aliphatic carbocycles. The van der Waals surface area contributed by atoms with Crippen LogP contribution in [0.15, 0.2) is 0 Å². The van der Waals surface area contributed by atoms with Crippen molar-refractivity contribution in [1.29, 1.82) is 0 Å². The summed E-state index contributed by atoms with van der Waals surface area (Å²) >= 11 is 4.81. The van der Waals surface area contributed by atoms with Crippen LogP contribution in [0.2, 0.25) is 0 Å². The van der Waals surface area contributed by atoms with E-state index in [4.69, 9.17) is 20.9 Å². The van der Waals surface area contributed by atoms with E-state index in [2.05, 4.69) is 13.8 Å². The van der Waals surface area contributed by atoms with Crippen LogP contribution < -0.4 is 0 Å². The zero-order valence-corrected chi connectivity index (χ0v) is 7.30. The average Bonchev–Trinajstić information content (AvgIpc) is 1.78. The Morgan fingerprint density at radius 1 is 1.33 bits per heavy atom. The van der Waals surface area contributed by atoms with Gasteiger partial charge in [-0.3, -0.25) is 0 Å². The summed E-state index contributed by atoms with van der Waals surface area (Å²) < 4.78 is 10.3. The third-order valence-corrected chi connectivity index (χ3v) is 2.43. The van der Waals surface area contributed by atoms with Crippen LogP contribution in [0.3, 0.4) is 0 Å². The minimum absolute atomic E-state index is 0.164. The van der Waals surface area contributed by atoms with Crippen molar-refractivity contribution in [3.8, 4) is 0 Å². The van der Waals surface area contributed by atoms with E-state index in [1.54, 1.807) is 0 Å². The van der Waals surface area contributed by atoms with Crippen molar-refractivity contribution in [2.24, 2.45) is 5.41 Å². The van der Waals surface area contributed by atoms with E-state index in [1.807, 2.05) is 0 Å². The van der Waals surface area contributed by atoms with Gasteiger partial charge in [0.1, 0.15) is 13.2 Å². The van der Waals surface area contributed by atoms with Crippen molar-refractivity contribution in [2.45, 2.75) is 13.8 Å². The normalized spacial score (nSPS) is 26.2. The molecule has 1 rings (SSSR count). The largest absolute Gasteiger partial charge is 0.521 e. The highest BCUT2D eigenvalue weighted by atomic mass is 32.4. The lowest BCUT2D eigenvalue weighted by Gasteiger charge is -2.21. The van der Waals surface area contributed by atoms with Crippen LogP contribution in [-0.4, -0.2) is 13.2 Å². The molecule has 1 aliphatic rings. The molecule has 1 aliphatic heterocycles. The van der Waals surface area contributed by atoms with E-state index < -0.39 is 7.15 Å². The second-order valence-electron chi connectivity index (χ2n) is 2.93. The summed E-state index contributed by atoms with van der Waals surface area (Å²) in [5.74, 6) is 0. The molecular weight excluding hydrogens is 155 g/mol. The fourth-order valence-corrected chi connectivity index (χ4v) is 1.83. The molecule has 0 unspecified atom stereocenters. The molecule has 0 aromatic rings. The Kier molecular flexibility index (Phi) is 2.17. The zero-order chi connectivity index (χ0) is 6.91. The van der Waals surface area contributed by atoms with Gasteiger partial charge in [-0.1, -0.05) is 13.8 Å². The molecular formula is C5H10O2PS+. The van der Waals surface area contributed by atoms with Gasteiger partial charge in [-0.2, -0.15) is 0 Å². The van der Waals surface area contributed by atoms with Crippen molar-refractivity contribution in [1.82, 2.24) is 0 Å². The Morgan fingerprint density at radius 3 is 2.11 bits per heavy atom. The molecule has 2 nitrogen and oxygen atoms in total. The highest BCUT2D eigenvalue weighted by molar-refractivity contribution is 8.00. The van der Waals surface area contributed by atoms with Gasteiger partial charge in [0, 0.05) is 5.41 Å². The Hall–Kier alpha value is 0.440. The molecule has 52 valence electrons. The first-order valence-corrected chi connectivity index (χ1v) is 5.02. The Morgan fingerprint density at radius 2 is 1.78 bits per heavy atom. The second-order valence-corrected chi connectivity index (χ2v) is 4.79. The van der Waals surface area contributed by atoms with Gasteiger partial charge in [-0.05, 0) is 0 Å². The summed E-state index contributed by atoms with van der Waals surface area (Å²) in [5.41, 5.74) is 0.164. The smallest absolute Gasteiger partial charge is 0.141 e. The van der Waals surface area contributed by atoms with E-state index in [9.17, 15) is 0 Å². The van der Waals surface area contributed by atoms with Crippen LogP contribution in [0, 0.1) is 5.41 Å². The quantitative estimate of drug-likeness (QED) is 0.510. The van der Waals surface area contributed by atoms with Crippen LogP contribution >= 0.6 is 7.15 Å². The molecule has 0 aromatic carbocycles. The second kappa shape index (κ2) is 2.59. The van der Waals surface area contributed by atoms with Gasteiger partial charge in [0.05, 0.1) is 0 Å². The third kappa shape index (κ3) is 2.26. The van der Waals surface area contributed by atoms with Crippen molar-refractivity contribution in [3.63, 3.8) is 0 Å². The first-order valence-electron chi connectivity index (χ1n) is 2.83. The van der Waals surface area contributed by atoms with Crippen molar-refractivity contribution in [2.75, 3.05) is 13.2 Å². The first kappa shape index (κ1) is 7.55. The monoisotopic (exact) mass is 165 g/mol. The predicted octanol–water partition coefficient (Wildman–Crippen LogP) is 1.83. The fraction of sp³-hybridized carbons (Fsp3) is 1.00. The van der Waals surface area contributed by atoms with Crippen LogP contribution in [-0.2, 0) is 20.9 Å². The van der Waals surface area contributed by atoms with Crippen LogP contribution in [0.25, 0.3) is 0 Å². The summed E-state index contributed by atoms with van der Waals surface area (Å²) in [5, 5.41) is 0. The summed E-state index contributed by atoms with van der Waals surface area (Å²) in [6, 6.07) is 0. The van der Waals surface area contributed by atoms with Crippen LogP contribution in [0.1, 0.15) is 13.8 Å². The van der Waals surface area contributed by atoms with E-state index in [-0.39, 0.29) is 5.41 Å². The molecule has 0 bridgehead atoms. The Bertz CT molecular complexity index is 123. The molecule has 0 aromatic heterocycles. The number of hydrogen-bond acceptors (Lipinski definition) is 3. The standard InChI is InChI=1S/C5H10O2PS/c1-5(2)3-6-8(9)7-4-5/h3-4H2,1-2H3/q+1. The third-order valence-electron chi connectivity index (χ3n) is 1.12. The van der Waals surface area contributed by atoms with E-state index in [1.165, 1.54) is 0 Å². The molecule has 1 fully saturated rings. The van der Waals surface area contributed by atoms with Crippen molar-refractivity contribution < 1.29 is 9.05 Å². The lowest BCUT2D eigenvalue weighted by Crippen LogP contribution is -2.26. The van der Waals surface area contributed by atoms with E-state index in [0.717, 1.165) is 13.2 Å². The fourth-order valence-electron chi connectivity index (χ4n) is 0.534. The van der Waals surface area contributed by atoms with Gasteiger partial charge in [-0.15, -0.1) is 9.05 Å². The lowest BCUT2D eigenvalue weighted by atomic mass is 9.97. The van der Waals surface area contributed by atoms with Crippen molar-refractivity contribution >= 4 is 19.0 Å². The zero-order valence-electron chi connectivity index (χ0n) is 5.59. The maximum Gasteiger partial charge on any atom is 0.521 e. The molecule has 0 N–H and O–H groups in total. The van der Waals surface area contributed by atoms with E-state index >= 15 is 0 Å². The number of hydrogen-bond donors (Lipinski definition) is 0. The molecule has 0 amide bonds. The number of rotatable bonds is 0. The highest BCUT2D eigenvalue weighted by Crippen LogP contribution is 2.36. The van der Waals surface area contributed by atoms with Gasteiger partial charge in [0.25, 0.3) is 0 Å². The Labute approximate surface area is 61.1 Å². The Balaban J connectivity index is 2.44. The molecule has 0 atom stereocenters. The minimum atomic E-state index is -0.967. The van der Waals surface area contributed by atoms with Gasteiger partial charge in [0.2, 0.25) is 11.8 Å². The van der Waals surface area contributed by atoms with Gasteiger partial charge in [-0.25, -0.2) is 0 Å². The SMILES string of the molecule is CC1(C)CO[P+](=S)OC1. The first-order chi connectivity index (χ1) is 4.10. The predicted molar refractivity (Wildman–Crippen MR) is 40.0 cm³/mol. The van der Waals surface area contributed by atoms with Gasteiger partial charge in [0.15, 0.2) is 0 Å². The average molecular weight is 165 g/mol. The van der Waals surface area contributed by atoms with Gasteiger partial charge >= 0.3 is 7.15 Å². The van der Waals surface area contributed by atoms with Crippen LogP contribution in [0.4, 0.5) is 0 Å². The molecule has 1 heterocycles. The molecule has 1 saturated heterocycles. The van der Waals surface area contributed by atoms with E-state index in [0.29, 0.717) is 0 Å². The summed E-state index contributed by atoms with van der Waals surface area (Å²) in [6.45, 7) is 5.68. The van der Waals surface area contributed by atoms with Crippen LogP contribution in [0.5, 0.6) is 0 Å². The lowest BCUT2D eigenvalue weighted by molar-refractivity contribution is 0.0701. The van der Waals surface area contributed by atoms with Crippen molar-refractivity contribution in [3.05, 3.63) is 0 Å². The molecule has 4 heteroatoms. The molecule has 0 spiro atoms. The maximum atomic E-state index is 5.15. The molecule has 0 radical (unpaired) electrons. The highest BCUT2D eigenvalue weighted by Gasteiger charge is 2.33. The molecule has 0 saturated carbocycles. The summed E-state index contributed by atoms with van der Waals surface area (Å²) in [7, 11) is -0.967. The maximum absolute atomic E-state index is 5.15. The van der Waals surface area contributed by atoms with Gasteiger partial charge < -0.3 is 0 Å². The summed E-state index contributed by atoms with van der Waals surface area (Å²) in [4.78, 5) is 0. The minimum Gasteiger partial charge on any atom is -0.141 e. The summed E-state index contributed by atoms with van der Waals surface area (Å²) in [6.07, 6.45) is 0.